The standard InChI is InChI=1S/C7H8O3S.C6H4F3NO/c1-6-2-4-7(5-3-6)11(8,9)10;7-6(8,9)5-3-4(10)1-2-11-5/h2-5H,1H3,(H,8,9,10);1-3,10H. The van der Waals surface area contributed by atoms with Gasteiger partial charge in [-0.05, 0) is 19.1 Å². The Labute approximate surface area is 124 Å². The first kappa shape index (κ1) is 17.9. The van der Waals surface area contributed by atoms with Crippen molar-refractivity contribution >= 4 is 10.1 Å². The number of aryl methyl sites for hydroxylation is 1. The molecule has 22 heavy (non-hydrogen) atoms. The summed E-state index contributed by atoms with van der Waals surface area (Å²) in [4.78, 5) is -0.178. The number of rotatable bonds is 1. The number of halogens is 3. The van der Waals surface area contributed by atoms with Crippen molar-refractivity contribution in [2.45, 2.75) is 18.0 Å². The van der Waals surface area contributed by atoms with E-state index in [-0.39, 0.29) is 10.3 Å². The van der Waals surface area contributed by atoms with Crippen LogP contribution >= 0.6 is 0 Å². The molecular formula is C13H12F3NO4S. The van der Waals surface area contributed by atoms with E-state index in [2.05, 4.69) is 4.42 Å². The molecule has 1 heterocycles. The lowest BCUT2D eigenvalue weighted by molar-refractivity contribution is -0.177. The summed E-state index contributed by atoms with van der Waals surface area (Å²) in [5, 5.41) is 5.13. The fourth-order valence-electron chi connectivity index (χ4n) is 1.27. The Hall–Kier alpha value is -2.13. The molecule has 0 radical (unpaired) electrons. The number of benzene rings is 1. The van der Waals surface area contributed by atoms with E-state index in [1.54, 1.807) is 12.1 Å². The lowest BCUT2D eigenvalue weighted by Crippen LogP contribution is -2.44. The minimum atomic E-state index is -4.46. The molecule has 120 valence electrons. The third-order valence-electron chi connectivity index (χ3n) is 2.34. The van der Waals surface area contributed by atoms with Gasteiger partial charge in [0.15, 0.2) is 0 Å². The summed E-state index contributed by atoms with van der Waals surface area (Å²) in [7, 11) is -4.27. The van der Waals surface area contributed by atoms with E-state index in [1.165, 1.54) is 18.2 Å². The predicted molar refractivity (Wildman–Crippen MR) is 67.9 cm³/mol. The Morgan fingerprint density at radius 1 is 1.14 bits per heavy atom. The first-order chi connectivity index (χ1) is 10.00. The Balaban J connectivity index is 0.000000220. The summed E-state index contributed by atoms with van der Waals surface area (Å²) in [6, 6.07) is 7.76. The van der Waals surface area contributed by atoms with Crippen LogP contribution in [0.15, 0.2) is 52.0 Å². The maximum atomic E-state index is 11.8. The zero-order chi connectivity index (χ0) is 17.0. The lowest BCUT2D eigenvalue weighted by atomic mass is 10.2. The van der Waals surface area contributed by atoms with Gasteiger partial charge in [0.1, 0.15) is 10.1 Å². The number of nitrogens with two attached hydrogens (primary N) is 1. The zero-order valence-electron chi connectivity index (χ0n) is 11.3. The van der Waals surface area contributed by atoms with Gasteiger partial charge in [0.2, 0.25) is 11.1 Å². The summed E-state index contributed by atoms with van der Waals surface area (Å²) < 4.78 is 70.8. The van der Waals surface area contributed by atoms with Crippen LogP contribution in [-0.4, -0.2) is 13.0 Å². The molecule has 0 aliphatic rings. The van der Waals surface area contributed by atoms with Crippen molar-refractivity contribution in [3.63, 3.8) is 0 Å². The van der Waals surface area contributed by atoms with Crippen molar-refractivity contribution < 1.29 is 36.0 Å². The van der Waals surface area contributed by atoms with Crippen LogP contribution in [0.2, 0.25) is 0 Å². The fourth-order valence-corrected chi connectivity index (χ4v) is 1.74. The smallest absolute Gasteiger partial charge is 0.449 e. The molecule has 0 saturated heterocycles. The summed E-state index contributed by atoms with van der Waals surface area (Å²) in [5.74, 6) is -1.09. The highest BCUT2D eigenvalue weighted by Crippen LogP contribution is 2.27. The van der Waals surface area contributed by atoms with Gasteiger partial charge in [-0.3, -0.25) is 5.41 Å². The first-order valence-electron chi connectivity index (χ1n) is 5.77. The summed E-state index contributed by atoms with van der Waals surface area (Å²) in [6.45, 7) is 1.82. The van der Waals surface area contributed by atoms with Crippen molar-refractivity contribution in [3.05, 3.63) is 59.3 Å². The maximum absolute atomic E-state index is 11.8. The Kier molecular flexibility index (Phi) is 5.50. The van der Waals surface area contributed by atoms with E-state index in [0.29, 0.717) is 0 Å². The highest BCUT2D eigenvalue weighted by molar-refractivity contribution is 7.85. The maximum Gasteiger partial charge on any atom is 0.449 e. The van der Waals surface area contributed by atoms with E-state index < -0.39 is 22.1 Å². The molecule has 2 aromatic rings. The molecule has 0 bridgehead atoms. The largest absolute Gasteiger partial charge is 0.744 e. The molecular weight excluding hydrogens is 323 g/mol. The highest BCUT2D eigenvalue weighted by atomic mass is 32.2. The zero-order valence-corrected chi connectivity index (χ0v) is 12.1. The summed E-state index contributed by atoms with van der Waals surface area (Å²) >= 11 is 0. The predicted octanol–water partition coefficient (Wildman–Crippen LogP) is 0.857. The van der Waals surface area contributed by atoms with Gasteiger partial charge in [-0.1, -0.05) is 17.7 Å². The molecule has 5 nitrogen and oxygen atoms in total. The molecule has 0 spiro atoms. The van der Waals surface area contributed by atoms with Crippen LogP contribution in [0.1, 0.15) is 11.3 Å². The Morgan fingerprint density at radius 2 is 1.68 bits per heavy atom. The topological polar surface area (TPSA) is 95.9 Å². The third-order valence-corrected chi connectivity index (χ3v) is 3.19. The molecule has 2 N–H and O–H groups in total. The van der Waals surface area contributed by atoms with Gasteiger partial charge < -0.3 is 8.97 Å². The fraction of sp³-hybridized carbons (Fsp3) is 0.154. The molecule has 0 fully saturated rings. The van der Waals surface area contributed by atoms with Crippen LogP contribution in [-0.2, 0) is 16.3 Å². The van der Waals surface area contributed by atoms with Gasteiger partial charge >= 0.3 is 6.18 Å². The second kappa shape index (κ2) is 6.75. The van der Waals surface area contributed by atoms with Gasteiger partial charge in [-0.15, -0.1) is 0 Å². The normalized spacial score (nSPS) is 11.5. The average Bonchev–Trinajstić information content (AvgIpc) is 2.38. The van der Waals surface area contributed by atoms with Crippen molar-refractivity contribution in [1.82, 2.24) is 0 Å². The molecule has 0 saturated carbocycles. The molecule has 2 rings (SSSR count). The van der Waals surface area contributed by atoms with Gasteiger partial charge in [-0.25, -0.2) is 8.42 Å². The van der Waals surface area contributed by atoms with Crippen LogP contribution in [0, 0.1) is 6.92 Å². The molecule has 1 aromatic heterocycles. The molecule has 0 unspecified atom stereocenters. The van der Waals surface area contributed by atoms with Crippen LogP contribution in [0.4, 0.5) is 13.2 Å². The first-order valence-corrected chi connectivity index (χ1v) is 7.18. The summed E-state index contributed by atoms with van der Waals surface area (Å²) in [5.41, 5.74) is 0.928. The SMILES string of the molecule is Cc1ccc(S(=O)(=O)[O-])cc1.[NH2+]=c1ccoc(C(F)(F)F)c1. The second-order valence-electron chi connectivity index (χ2n) is 4.19. The van der Waals surface area contributed by atoms with E-state index >= 15 is 0 Å². The van der Waals surface area contributed by atoms with Gasteiger partial charge in [0.05, 0.1) is 17.2 Å². The van der Waals surface area contributed by atoms with E-state index in [1.807, 2.05) is 6.92 Å². The average molecular weight is 335 g/mol. The number of alkyl halides is 3. The monoisotopic (exact) mass is 335 g/mol. The number of hydrogen-bond acceptors (Lipinski definition) is 4. The van der Waals surface area contributed by atoms with Crippen LogP contribution in [0.25, 0.3) is 0 Å². The molecule has 9 heteroatoms. The van der Waals surface area contributed by atoms with E-state index in [9.17, 15) is 26.1 Å². The second-order valence-corrected chi connectivity index (χ2v) is 5.57. The van der Waals surface area contributed by atoms with Crippen molar-refractivity contribution in [2.24, 2.45) is 0 Å². The molecule has 1 aromatic carbocycles. The van der Waals surface area contributed by atoms with Crippen LogP contribution in [0.3, 0.4) is 0 Å². The van der Waals surface area contributed by atoms with E-state index in [0.717, 1.165) is 17.9 Å². The van der Waals surface area contributed by atoms with Gasteiger partial charge in [0.25, 0.3) is 0 Å². The van der Waals surface area contributed by atoms with Gasteiger partial charge in [0, 0.05) is 6.07 Å². The van der Waals surface area contributed by atoms with Crippen molar-refractivity contribution in [3.8, 4) is 0 Å². The van der Waals surface area contributed by atoms with Gasteiger partial charge in [-0.2, -0.15) is 13.2 Å². The Bertz CT molecular complexity index is 780. The van der Waals surface area contributed by atoms with Crippen LogP contribution < -0.4 is 10.8 Å². The lowest BCUT2D eigenvalue weighted by Gasteiger charge is -2.05. The quantitative estimate of drug-likeness (QED) is 0.782. The van der Waals surface area contributed by atoms with Crippen LogP contribution in [0.5, 0.6) is 0 Å². The van der Waals surface area contributed by atoms with Crippen molar-refractivity contribution in [2.75, 3.05) is 0 Å². The number of hydrogen-bond donors (Lipinski definition) is 1. The molecule has 0 aliphatic heterocycles. The van der Waals surface area contributed by atoms with E-state index in [4.69, 9.17) is 5.41 Å². The molecule has 0 aliphatic carbocycles. The molecule has 0 amide bonds. The Morgan fingerprint density at radius 3 is 2.05 bits per heavy atom. The minimum absolute atomic E-state index is 0.0311. The van der Waals surface area contributed by atoms with Crippen molar-refractivity contribution in [1.29, 1.82) is 0 Å². The minimum Gasteiger partial charge on any atom is -0.744 e. The summed E-state index contributed by atoms with van der Waals surface area (Å²) in [6.07, 6.45) is -3.56. The third kappa shape index (κ3) is 5.70. The molecule has 0 atom stereocenters. The highest BCUT2D eigenvalue weighted by Gasteiger charge is 2.34.